The Morgan fingerprint density at radius 3 is 2.47 bits per heavy atom. The largest absolute Gasteiger partial charge is 0.479 e. The summed E-state index contributed by atoms with van der Waals surface area (Å²) in [5, 5.41) is 21.8. The van der Waals surface area contributed by atoms with Crippen LogP contribution in [0.5, 0.6) is 5.88 Å². The summed E-state index contributed by atoms with van der Waals surface area (Å²) in [4.78, 5) is 36.4. The van der Waals surface area contributed by atoms with Crippen molar-refractivity contribution in [1.82, 2.24) is 35.3 Å². The van der Waals surface area contributed by atoms with Gasteiger partial charge in [-0.3, -0.25) is 4.79 Å². The van der Waals surface area contributed by atoms with E-state index in [2.05, 4.69) is 35.9 Å². The van der Waals surface area contributed by atoms with E-state index in [0.717, 1.165) is 5.56 Å². The lowest BCUT2D eigenvalue weighted by Gasteiger charge is -2.12. The second-order valence-corrected chi connectivity index (χ2v) is 7.03. The third-order valence-corrected chi connectivity index (χ3v) is 4.79. The molecule has 0 saturated heterocycles. The third kappa shape index (κ3) is 4.80. The van der Waals surface area contributed by atoms with Crippen LogP contribution in [0.2, 0.25) is 0 Å². The number of ether oxygens (including phenoxy) is 1. The summed E-state index contributed by atoms with van der Waals surface area (Å²) < 4.78 is 6.79. The number of amides is 2. The predicted molar refractivity (Wildman–Crippen MR) is 121 cm³/mol. The molecule has 0 fully saturated rings. The maximum Gasteiger partial charge on any atom is 0.405 e. The maximum absolute atomic E-state index is 13.1. The van der Waals surface area contributed by atoms with E-state index in [9.17, 15) is 9.59 Å². The van der Waals surface area contributed by atoms with Gasteiger partial charge in [-0.1, -0.05) is 35.5 Å². The summed E-state index contributed by atoms with van der Waals surface area (Å²) in [6.07, 6.45) is 1.90. The van der Waals surface area contributed by atoms with Crippen molar-refractivity contribution in [2.24, 2.45) is 7.05 Å². The van der Waals surface area contributed by atoms with Crippen LogP contribution in [-0.2, 0) is 13.6 Å². The van der Waals surface area contributed by atoms with Crippen molar-refractivity contribution in [2.75, 3.05) is 12.4 Å². The highest BCUT2D eigenvalue weighted by molar-refractivity contribution is 6.07. The summed E-state index contributed by atoms with van der Waals surface area (Å²) in [5.41, 5.74) is 2.98. The fourth-order valence-corrected chi connectivity index (χ4v) is 3.17. The molecule has 0 atom stereocenters. The Bertz CT molecular complexity index is 1320. The summed E-state index contributed by atoms with van der Waals surface area (Å²) in [7, 11) is 3.09. The highest BCUT2D eigenvalue weighted by Gasteiger charge is 2.21. The molecule has 0 aliphatic heterocycles. The second kappa shape index (κ2) is 9.73. The van der Waals surface area contributed by atoms with Crippen LogP contribution >= 0.6 is 0 Å². The lowest BCUT2D eigenvalue weighted by molar-refractivity contribution is 0.101. The average molecular weight is 460 g/mol. The van der Waals surface area contributed by atoms with Crippen molar-refractivity contribution in [3.63, 3.8) is 0 Å². The van der Waals surface area contributed by atoms with Crippen molar-refractivity contribution < 1.29 is 19.4 Å². The first-order valence-corrected chi connectivity index (χ1v) is 10.1. The SMILES string of the molecule is COc1nc(-c2cnc(CNC(=O)O)nc2)ccc1NC(=O)c1c(-c2ccccc2)nnn1C. The van der Waals surface area contributed by atoms with Gasteiger partial charge in [0.05, 0.1) is 19.3 Å². The van der Waals surface area contributed by atoms with Crippen molar-refractivity contribution in [3.05, 3.63) is 66.4 Å². The first-order valence-electron chi connectivity index (χ1n) is 10.1. The van der Waals surface area contributed by atoms with Gasteiger partial charge in [0.15, 0.2) is 5.69 Å². The molecule has 0 aliphatic carbocycles. The van der Waals surface area contributed by atoms with Crippen LogP contribution in [0.25, 0.3) is 22.5 Å². The monoisotopic (exact) mass is 460 g/mol. The Morgan fingerprint density at radius 1 is 1.06 bits per heavy atom. The van der Waals surface area contributed by atoms with Gasteiger partial charge in [-0.05, 0) is 12.1 Å². The van der Waals surface area contributed by atoms with Crippen LogP contribution in [0.4, 0.5) is 10.5 Å². The lowest BCUT2D eigenvalue weighted by atomic mass is 10.1. The molecular formula is C22H20N8O4. The highest BCUT2D eigenvalue weighted by Crippen LogP contribution is 2.28. The van der Waals surface area contributed by atoms with E-state index < -0.39 is 12.0 Å². The molecule has 4 rings (SSSR count). The Morgan fingerprint density at radius 2 is 1.79 bits per heavy atom. The zero-order valence-corrected chi connectivity index (χ0v) is 18.3. The molecule has 172 valence electrons. The minimum absolute atomic E-state index is 0.00876. The Kier molecular flexibility index (Phi) is 6.39. The Labute approximate surface area is 193 Å². The number of hydrogen-bond donors (Lipinski definition) is 3. The average Bonchev–Trinajstić information content (AvgIpc) is 3.25. The van der Waals surface area contributed by atoms with E-state index in [1.807, 2.05) is 30.3 Å². The van der Waals surface area contributed by atoms with Crippen molar-refractivity contribution in [3.8, 4) is 28.4 Å². The van der Waals surface area contributed by atoms with Gasteiger partial charge in [0, 0.05) is 30.6 Å². The van der Waals surface area contributed by atoms with Gasteiger partial charge in [-0.25, -0.2) is 24.4 Å². The minimum Gasteiger partial charge on any atom is -0.479 e. The molecule has 0 radical (unpaired) electrons. The Hall–Kier alpha value is -4.87. The number of methoxy groups -OCH3 is 1. The number of carbonyl (C=O) groups is 2. The number of aromatic nitrogens is 6. The van der Waals surface area contributed by atoms with Gasteiger partial charge in [-0.2, -0.15) is 0 Å². The number of hydrogen-bond acceptors (Lipinski definition) is 8. The number of benzene rings is 1. The summed E-state index contributed by atoms with van der Waals surface area (Å²) >= 11 is 0. The van der Waals surface area contributed by atoms with Crippen molar-refractivity contribution >= 4 is 17.7 Å². The topological polar surface area (TPSA) is 157 Å². The number of nitrogens with zero attached hydrogens (tertiary/aromatic N) is 6. The number of nitrogens with one attached hydrogen (secondary N) is 2. The van der Waals surface area contributed by atoms with E-state index in [4.69, 9.17) is 9.84 Å². The number of aryl methyl sites for hydroxylation is 1. The quantitative estimate of drug-likeness (QED) is 0.376. The molecule has 4 aromatic rings. The zero-order chi connectivity index (χ0) is 24.1. The molecule has 2 amide bonds. The molecule has 0 aliphatic rings. The minimum atomic E-state index is -1.16. The van der Waals surface area contributed by atoms with Gasteiger partial charge in [0.25, 0.3) is 5.91 Å². The fourth-order valence-electron chi connectivity index (χ4n) is 3.17. The highest BCUT2D eigenvalue weighted by atomic mass is 16.5. The van der Waals surface area contributed by atoms with E-state index in [0.29, 0.717) is 28.5 Å². The van der Waals surface area contributed by atoms with Gasteiger partial charge in [-0.15, -0.1) is 5.10 Å². The van der Waals surface area contributed by atoms with Crippen LogP contribution < -0.4 is 15.4 Å². The van der Waals surface area contributed by atoms with E-state index in [1.165, 1.54) is 24.2 Å². The Balaban J connectivity index is 1.56. The number of anilines is 1. The van der Waals surface area contributed by atoms with E-state index >= 15 is 0 Å². The zero-order valence-electron chi connectivity index (χ0n) is 18.3. The van der Waals surface area contributed by atoms with Gasteiger partial charge in [0.2, 0.25) is 5.88 Å². The predicted octanol–water partition coefficient (Wildman–Crippen LogP) is 2.36. The number of carboxylic acid groups (broad SMARTS) is 1. The third-order valence-electron chi connectivity index (χ3n) is 4.79. The fraction of sp³-hybridized carbons (Fsp3) is 0.136. The molecular weight excluding hydrogens is 440 g/mol. The molecule has 0 spiro atoms. The molecule has 0 saturated carbocycles. The normalized spacial score (nSPS) is 10.5. The van der Waals surface area contributed by atoms with Gasteiger partial charge >= 0.3 is 6.09 Å². The molecule has 3 heterocycles. The molecule has 1 aromatic carbocycles. The molecule has 12 heteroatoms. The molecule has 12 nitrogen and oxygen atoms in total. The lowest BCUT2D eigenvalue weighted by Crippen LogP contribution is -2.21. The van der Waals surface area contributed by atoms with Crippen molar-refractivity contribution in [2.45, 2.75) is 6.54 Å². The number of carbonyl (C=O) groups excluding carboxylic acids is 1. The maximum atomic E-state index is 13.1. The number of rotatable bonds is 7. The second-order valence-electron chi connectivity index (χ2n) is 7.03. The first-order chi connectivity index (χ1) is 16.5. The van der Waals surface area contributed by atoms with E-state index in [-0.39, 0.29) is 18.1 Å². The molecule has 0 bridgehead atoms. The summed E-state index contributed by atoms with van der Waals surface area (Å²) in [5.74, 6) is 0.0951. The number of pyridine rings is 1. The van der Waals surface area contributed by atoms with Crippen LogP contribution in [0, 0.1) is 0 Å². The summed E-state index contributed by atoms with van der Waals surface area (Å²) in [6, 6.07) is 12.6. The van der Waals surface area contributed by atoms with Crippen molar-refractivity contribution in [1.29, 1.82) is 0 Å². The molecule has 0 unspecified atom stereocenters. The standard InChI is InChI=1S/C22H20N8O4/c1-30-19(18(28-29-30)13-6-4-3-5-7-13)20(31)26-16-9-8-15(27-21(16)34-2)14-10-23-17(24-11-14)12-25-22(32)33/h3-11,25H,12H2,1-2H3,(H,26,31)(H,32,33). The van der Waals surface area contributed by atoms with Gasteiger partial charge in [0.1, 0.15) is 17.2 Å². The van der Waals surface area contributed by atoms with Crippen LogP contribution in [0.15, 0.2) is 54.9 Å². The molecule has 3 aromatic heterocycles. The van der Waals surface area contributed by atoms with E-state index in [1.54, 1.807) is 19.2 Å². The van der Waals surface area contributed by atoms with Crippen LogP contribution in [-0.4, -0.2) is 54.2 Å². The molecule has 34 heavy (non-hydrogen) atoms. The smallest absolute Gasteiger partial charge is 0.405 e. The molecule has 3 N–H and O–H groups in total. The summed E-state index contributed by atoms with van der Waals surface area (Å²) in [6.45, 7) is -0.00876. The van der Waals surface area contributed by atoms with Gasteiger partial charge < -0.3 is 20.5 Å². The first kappa shape index (κ1) is 22.3. The van der Waals surface area contributed by atoms with Crippen LogP contribution in [0.3, 0.4) is 0 Å². The van der Waals surface area contributed by atoms with Crippen LogP contribution in [0.1, 0.15) is 16.3 Å².